The zero-order chi connectivity index (χ0) is 17.3. The number of halogens is 1. The molecular formula is C18H18ClNO4. The topological polar surface area (TPSA) is 76.5 Å². The first-order valence-electron chi connectivity index (χ1n) is 7.97. The van der Waals surface area contributed by atoms with Crippen LogP contribution < -0.4 is 0 Å². The molecule has 1 aromatic rings. The minimum Gasteiger partial charge on any atom is -0.465 e. The zero-order valence-corrected chi connectivity index (χ0v) is 14.1. The highest BCUT2D eigenvalue weighted by atomic mass is 35.5. The number of hydrogen-bond acceptors (Lipinski definition) is 5. The monoisotopic (exact) mass is 347 g/mol. The lowest BCUT2D eigenvalue weighted by atomic mass is 9.74. The van der Waals surface area contributed by atoms with Crippen molar-refractivity contribution in [1.29, 1.82) is 5.41 Å². The van der Waals surface area contributed by atoms with E-state index in [4.69, 9.17) is 26.5 Å². The van der Waals surface area contributed by atoms with Gasteiger partial charge in [-0.15, -0.1) is 0 Å². The molecule has 24 heavy (non-hydrogen) atoms. The van der Waals surface area contributed by atoms with E-state index in [1.807, 2.05) is 0 Å². The summed E-state index contributed by atoms with van der Waals surface area (Å²) in [5, 5.41) is 8.74. The van der Waals surface area contributed by atoms with Crippen molar-refractivity contribution in [2.24, 2.45) is 5.92 Å². The SMILES string of the molecule is CCOC(=O)C1C(=N)OC2=C(C(=O)CCC2)C1c1ccc(Cl)cc1. The number of ether oxygens (including phenoxy) is 2. The van der Waals surface area contributed by atoms with Crippen molar-refractivity contribution in [2.75, 3.05) is 6.61 Å². The van der Waals surface area contributed by atoms with Crippen LogP contribution in [0.4, 0.5) is 0 Å². The summed E-state index contributed by atoms with van der Waals surface area (Å²) in [6.45, 7) is 1.91. The molecule has 6 heteroatoms. The number of allylic oxidation sites excluding steroid dienone is 2. The third kappa shape index (κ3) is 2.96. The van der Waals surface area contributed by atoms with Crippen molar-refractivity contribution < 1.29 is 19.1 Å². The number of nitrogens with one attached hydrogen (secondary N) is 1. The van der Waals surface area contributed by atoms with Crippen LogP contribution in [0.15, 0.2) is 35.6 Å². The number of rotatable bonds is 3. The Hall–Kier alpha value is -2.14. The molecule has 0 fully saturated rings. The van der Waals surface area contributed by atoms with E-state index in [1.165, 1.54) is 0 Å². The summed E-state index contributed by atoms with van der Waals surface area (Å²) in [6.07, 6.45) is 1.72. The molecule has 5 nitrogen and oxygen atoms in total. The highest BCUT2D eigenvalue weighted by Gasteiger charge is 2.46. The molecule has 1 heterocycles. The van der Waals surface area contributed by atoms with Gasteiger partial charge in [-0.2, -0.15) is 0 Å². The lowest BCUT2D eigenvalue weighted by molar-refractivity contribution is -0.146. The predicted molar refractivity (Wildman–Crippen MR) is 89.0 cm³/mol. The van der Waals surface area contributed by atoms with Crippen LogP contribution in [0, 0.1) is 11.3 Å². The molecule has 2 unspecified atom stereocenters. The number of ketones is 1. The Bertz CT molecular complexity index is 723. The van der Waals surface area contributed by atoms with Crippen LogP contribution in [-0.2, 0) is 19.1 Å². The fourth-order valence-electron chi connectivity index (χ4n) is 3.31. The average molecular weight is 348 g/mol. The van der Waals surface area contributed by atoms with Crippen molar-refractivity contribution >= 4 is 29.3 Å². The summed E-state index contributed by atoms with van der Waals surface area (Å²) >= 11 is 5.96. The number of benzene rings is 1. The van der Waals surface area contributed by atoms with Gasteiger partial charge in [0.15, 0.2) is 5.78 Å². The fraction of sp³-hybridized carbons (Fsp3) is 0.389. The largest absolute Gasteiger partial charge is 0.465 e. The average Bonchev–Trinajstić information content (AvgIpc) is 2.55. The predicted octanol–water partition coefficient (Wildman–Crippen LogP) is 3.62. The molecular weight excluding hydrogens is 330 g/mol. The molecule has 2 aliphatic rings. The van der Waals surface area contributed by atoms with Gasteiger partial charge >= 0.3 is 5.97 Å². The lowest BCUT2D eigenvalue weighted by Crippen LogP contribution is -2.40. The van der Waals surface area contributed by atoms with Gasteiger partial charge in [0, 0.05) is 29.4 Å². The number of esters is 1. The summed E-state index contributed by atoms with van der Waals surface area (Å²) in [6, 6.07) is 6.99. The van der Waals surface area contributed by atoms with Crippen molar-refractivity contribution in [3.8, 4) is 0 Å². The van der Waals surface area contributed by atoms with Gasteiger partial charge in [-0.25, -0.2) is 0 Å². The van der Waals surface area contributed by atoms with Gasteiger partial charge in [-0.05, 0) is 31.0 Å². The van der Waals surface area contributed by atoms with Crippen LogP contribution in [0.25, 0.3) is 0 Å². The smallest absolute Gasteiger partial charge is 0.319 e. The van der Waals surface area contributed by atoms with Crippen molar-refractivity contribution in [3.05, 3.63) is 46.2 Å². The fourth-order valence-corrected chi connectivity index (χ4v) is 3.43. The van der Waals surface area contributed by atoms with Gasteiger partial charge in [-0.3, -0.25) is 15.0 Å². The summed E-state index contributed by atoms with van der Waals surface area (Å²) in [4.78, 5) is 25.0. The van der Waals surface area contributed by atoms with E-state index < -0.39 is 17.8 Å². The normalized spacial score (nSPS) is 23.6. The highest BCUT2D eigenvalue weighted by molar-refractivity contribution is 6.30. The van der Waals surface area contributed by atoms with Gasteiger partial charge < -0.3 is 9.47 Å². The molecule has 0 radical (unpaired) electrons. The first-order chi connectivity index (χ1) is 11.5. The van der Waals surface area contributed by atoms with Crippen LogP contribution in [-0.4, -0.2) is 24.3 Å². The van der Waals surface area contributed by atoms with Crippen LogP contribution in [0.2, 0.25) is 5.02 Å². The summed E-state index contributed by atoms with van der Waals surface area (Å²) in [7, 11) is 0. The molecule has 0 saturated carbocycles. The van der Waals surface area contributed by atoms with Gasteiger partial charge in [0.25, 0.3) is 0 Å². The molecule has 1 N–H and O–H groups in total. The number of hydrogen-bond donors (Lipinski definition) is 1. The van der Waals surface area contributed by atoms with E-state index in [-0.39, 0.29) is 18.3 Å². The quantitative estimate of drug-likeness (QED) is 0.847. The molecule has 0 amide bonds. The van der Waals surface area contributed by atoms with E-state index in [0.717, 1.165) is 5.56 Å². The molecule has 0 bridgehead atoms. The van der Waals surface area contributed by atoms with Gasteiger partial charge in [0.05, 0.1) is 6.61 Å². The zero-order valence-electron chi connectivity index (χ0n) is 13.3. The Morgan fingerprint density at radius 3 is 2.71 bits per heavy atom. The standard InChI is InChI=1S/C18H18ClNO4/c1-2-23-18(22)16-14(10-6-8-11(19)9-7-10)15-12(21)4-3-5-13(15)24-17(16)20/h6-9,14,16,20H,2-5H2,1H3. The third-order valence-corrected chi connectivity index (χ3v) is 4.59. The Morgan fingerprint density at radius 1 is 1.33 bits per heavy atom. The number of carbonyl (C=O) groups excluding carboxylic acids is 2. The summed E-state index contributed by atoms with van der Waals surface area (Å²) in [5.74, 6) is -1.75. The van der Waals surface area contributed by atoms with Gasteiger partial charge in [0.1, 0.15) is 11.7 Å². The second-order valence-electron chi connectivity index (χ2n) is 5.84. The number of Topliss-reactive ketones (excluding diaryl/α,β-unsaturated/α-hetero) is 1. The first kappa shape index (κ1) is 16.7. The molecule has 126 valence electrons. The second-order valence-corrected chi connectivity index (χ2v) is 6.28. The maximum atomic E-state index is 12.5. The maximum Gasteiger partial charge on any atom is 0.319 e. The molecule has 0 spiro atoms. The van der Waals surface area contributed by atoms with Crippen LogP contribution in [0.1, 0.15) is 37.7 Å². The Morgan fingerprint density at radius 2 is 2.04 bits per heavy atom. The molecule has 0 aromatic heterocycles. The Labute approximate surface area is 145 Å². The molecule has 1 aliphatic heterocycles. The van der Waals surface area contributed by atoms with E-state index in [9.17, 15) is 9.59 Å². The molecule has 0 saturated heterocycles. The first-order valence-corrected chi connectivity index (χ1v) is 8.35. The molecule has 1 aromatic carbocycles. The molecule has 3 rings (SSSR count). The van der Waals surface area contributed by atoms with E-state index in [2.05, 4.69) is 0 Å². The van der Waals surface area contributed by atoms with Crippen molar-refractivity contribution in [3.63, 3.8) is 0 Å². The van der Waals surface area contributed by atoms with Crippen molar-refractivity contribution in [1.82, 2.24) is 0 Å². The minimum absolute atomic E-state index is 0.0296. The molecule has 2 atom stereocenters. The molecule has 1 aliphatic carbocycles. The second kappa shape index (κ2) is 6.77. The van der Waals surface area contributed by atoms with E-state index in [1.54, 1.807) is 31.2 Å². The van der Waals surface area contributed by atoms with Gasteiger partial charge in [-0.1, -0.05) is 23.7 Å². The third-order valence-electron chi connectivity index (χ3n) is 4.34. The van der Waals surface area contributed by atoms with Crippen molar-refractivity contribution in [2.45, 2.75) is 32.1 Å². The lowest BCUT2D eigenvalue weighted by Gasteiger charge is -2.35. The Kier molecular flexibility index (Phi) is 4.71. The highest BCUT2D eigenvalue weighted by Crippen LogP contribution is 2.44. The maximum absolute atomic E-state index is 12.5. The van der Waals surface area contributed by atoms with Crippen LogP contribution >= 0.6 is 11.6 Å². The Balaban J connectivity index is 2.13. The number of carbonyl (C=O) groups is 2. The minimum atomic E-state index is -0.952. The van der Waals surface area contributed by atoms with Crippen LogP contribution in [0.3, 0.4) is 0 Å². The summed E-state index contributed by atoms with van der Waals surface area (Å²) < 4.78 is 10.7. The summed E-state index contributed by atoms with van der Waals surface area (Å²) in [5.41, 5.74) is 1.26. The van der Waals surface area contributed by atoms with Gasteiger partial charge in [0.2, 0.25) is 5.90 Å². The van der Waals surface area contributed by atoms with E-state index in [0.29, 0.717) is 35.6 Å². The van der Waals surface area contributed by atoms with E-state index >= 15 is 0 Å². The van der Waals surface area contributed by atoms with Crippen LogP contribution in [0.5, 0.6) is 0 Å².